The van der Waals surface area contributed by atoms with Crippen LogP contribution < -0.4 is 10.5 Å². The van der Waals surface area contributed by atoms with E-state index in [9.17, 15) is 0 Å². The van der Waals surface area contributed by atoms with Gasteiger partial charge >= 0.3 is 6.01 Å². The van der Waals surface area contributed by atoms with Crippen molar-refractivity contribution >= 4 is 5.82 Å². The average Bonchev–Trinajstić information content (AvgIpc) is 2.28. The molecule has 2 rings (SSSR count). The third-order valence-electron chi connectivity index (χ3n) is 2.83. The summed E-state index contributed by atoms with van der Waals surface area (Å²) < 4.78 is 5.52. The number of hydrogen-bond donors (Lipinski definition) is 1. The molecule has 0 aliphatic heterocycles. The Balaban J connectivity index is 1.81. The van der Waals surface area contributed by atoms with Crippen molar-refractivity contribution in [3.05, 3.63) is 12.3 Å². The Labute approximate surface area is 89.9 Å². The molecule has 0 radical (unpaired) electrons. The summed E-state index contributed by atoms with van der Waals surface area (Å²) in [7, 11) is 0. The molecule has 2 N–H and O–H groups in total. The number of rotatable bonds is 3. The lowest BCUT2D eigenvalue weighted by atomic mass is 9.90. The van der Waals surface area contributed by atoms with E-state index in [0.717, 1.165) is 6.61 Å². The molecular weight excluding hydrogens is 190 g/mol. The summed E-state index contributed by atoms with van der Waals surface area (Å²) >= 11 is 0. The Kier molecular flexibility index (Phi) is 3.37. The van der Waals surface area contributed by atoms with Crippen molar-refractivity contribution in [2.45, 2.75) is 32.1 Å². The van der Waals surface area contributed by atoms with Gasteiger partial charge < -0.3 is 10.5 Å². The minimum absolute atomic E-state index is 0.403. The molecule has 0 unspecified atom stereocenters. The molecule has 1 heterocycles. The second-order valence-electron chi connectivity index (χ2n) is 4.08. The zero-order valence-electron chi connectivity index (χ0n) is 8.85. The van der Waals surface area contributed by atoms with Crippen LogP contribution in [0, 0.1) is 5.92 Å². The summed E-state index contributed by atoms with van der Waals surface area (Å²) in [6.07, 6.45) is 8.17. The molecule has 0 atom stereocenters. The van der Waals surface area contributed by atoms with E-state index in [1.165, 1.54) is 32.1 Å². The first-order valence-corrected chi connectivity index (χ1v) is 5.56. The molecule has 1 aromatic heterocycles. The zero-order valence-corrected chi connectivity index (χ0v) is 8.85. The van der Waals surface area contributed by atoms with E-state index in [0.29, 0.717) is 17.7 Å². The molecule has 0 spiro atoms. The van der Waals surface area contributed by atoms with Crippen molar-refractivity contribution in [2.24, 2.45) is 5.92 Å². The lowest BCUT2D eigenvalue weighted by Crippen LogP contribution is -2.16. The van der Waals surface area contributed by atoms with E-state index >= 15 is 0 Å². The van der Waals surface area contributed by atoms with Crippen LogP contribution in [-0.2, 0) is 0 Å². The van der Waals surface area contributed by atoms with Crippen molar-refractivity contribution in [1.29, 1.82) is 0 Å². The number of nitrogens with two attached hydrogens (primary N) is 1. The molecular formula is C11H17N3O. The fourth-order valence-electron chi connectivity index (χ4n) is 1.97. The monoisotopic (exact) mass is 207 g/mol. The largest absolute Gasteiger partial charge is 0.463 e. The second-order valence-corrected chi connectivity index (χ2v) is 4.08. The van der Waals surface area contributed by atoms with Gasteiger partial charge in [0.1, 0.15) is 5.82 Å². The van der Waals surface area contributed by atoms with Gasteiger partial charge in [0, 0.05) is 6.20 Å². The molecule has 1 aliphatic rings. The van der Waals surface area contributed by atoms with Gasteiger partial charge in [-0.2, -0.15) is 4.98 Å². The molecule has 1 aliphatic carbocycles. The number of nitrogen functional groups attached to an aromatic ring is 1. The van der Waals surface area contributed by atoms with Crippen molar-refractivity contribution < 1.29 is 4.74 Å². The number of ether oxygens (including phenoxy) is 1. The maximum atomic E-state index is 5.54. The van der Waals surface area contributed by atoms with Gasteiger partial charge in [-0.25, -0.2) is 4.98 Å². The number of anilines is 1. The normalized spacial score (nSPS) is 17.6. The summed E-state index contributed by atoms with van der Waals surface area (Å²) in [5.41, 5.74) is 5.54. The van der Waals surface area contributed by atoms with Crippen LogP contribution in [0.2, 0.25) is 0 Å². The Morgan fingerprint density at radius 2 is 2.13 bits per heavy atom. The molecule has 0 aromatic carbocycles. The van der Waals surface area contributed by atoms with E-state index < -0.39 is 0 Å². The number of nitrogens with zero attached hydrogens (tertiary/aromatic N) is 2. The fourth-order valence-corrected chi connectivity index (χ4v) is 1.97. The van der Waals surface area contributed by atoms with Gasteiger partial charge in [0.25, 0.3) is 0 Å². The van der Waals surface area contributed by atoms with Crippen molar-refractivity contribution in [3.63, 3.8) is 0 Å². The first-order valence-electron chi connectivity index (χ1n) is 5.56. The highest BCUT2D eigenvalue weighted by atomic mass is 16.5. The van der Waals surface area contributed by atoms with Gasteiger partial charge in [0.05, 0.1) is 6.61 Å². The summed E-state index contributed by atoms with van der Waals surface area (Å²) in [6, 6.07) is 2.06. The van der Waals surface area contributed by atoms with Crippen molar-refractivity contribution in [1.82, 2.24) is 9.97 Å². The van der Waals surface area contributed by atoms with Gasteiger partial charge in [0.15, 0.2) is 0 Å². The molecule has 4 nitrogen and oxygen atoms in total. The van der Waals surface area contributed by atoms with Gasteiger partial charge in [0.2, 0.25) is 0 Å². The van der Waals surface area contributed by atoms with E-state index in [1.54, 1.807) is 12.3 Å². The van der Waals surface area contributed by atoms with Crippen LogP contribution in [-0.4, -0.2) is 16.6 Å². The zero-order chi connectivity index (χ0) is 10.5. The van der Waals surface area contributed by atoms with Crippen molar-refractivity contribution in [3.8, 4) is 6.01 Å². The van der Waals surface area contributed by atoms with E-state index in [4.69, 9.17) is 10.5 Å². The predicted molar refractivity (Wildman–Crippen MR) is 58.5 cm³/mol. The molecule has 15 heavy (non-hydrogen) atoms. The maximum absolute atomic E-state index is 5.54. The first-order chi connectivity index (χ1) is 7.34. The van der Waals surface area contributed by atoms with Crippen LogP contribution in [0.25, 0.3) is 0 Å². The molecule has 0 bridgehead atoms. The summed E-state index contributed by atoms with van der Waals surface area (Å²) in [6.45, 7) is 0.726. The predicted octanol–water partition coefficient (Wildman–Crippen LogP) is 2.02. The second kappa shape index (κ2) is 4.96. The third-order valence-corrected chi connectivity index (χ3v) is 2.83. The van der Waals surface area contributed by atoms with Crippen LogP contribution >= 0.6 is 0 Å². The molecule has 82 valence electrons. The van der Waals surface area contributed by atoms with Gasteiger partial charge in [-0.1, -0.05) is 19.3 Å². The Bertz CT molecular complexity index is 310. The first kappa shape index (κ1) is 10.2. The van der Waals surface area contributed by atoms with Crippen molar-refractivity contribution in [2.75, 3.05) is 12.3 Å². The van der Waals surface area contributed by atoms with Crippen LogP contribution in [0.3, 0.4) is 0 Å². The van der Waals surface area contributed by atoms with Crippen LogP contribution in [0.5, 0.6) is 6.01 Å². The Hall–Kier alpha value is -1.32. The maximum Gasteiger partial charge on any atom is 0.318 e. The lowest BCUT2D eigenvalue weighted by Gasteiger charge is -2.20. The third kappa shape index (κ3) is 3.08. The van der Waals surface area contributed by atoms with E-state index in [-0.39, 0.29) is 0 Å². The van der Waals surface area contributed by atoms with Crippen LogP contribution in [0.1, 0.15) is 32.1 Å². The molecule has 0 saturated heterocycles. The molecule has 0 amide bonds. The Morgan fingerprint density at radius 3 is 2.87 bits per heavy atom. The lowest BCUT2D eigenvalue weighted by molar-refractivity contribution is 0.196. The van der Waals surface area contributed by atoms with Gasteiger partial charge in [-0.05, 0) is 24.8 Å². The van der Waals surface area contributed by atoms with E-state index in [1.807, 2.05) is 0 Å². The highest BCUT2D eigenvalue weighted by Gasteiger charge is 2.14. The highest BCUT2D eigenvalue weighted by Crippen LogP contribution is 2.23. The molecule has 1 saturated carbocycles. The summed E-state index contributed by atoms with van der Waals surface area (Å²) in [5, 5.41) is 0. The standard InChI is InChI=1S/C11H17N3O/c12-10-6-7-13-11(14-10)15-8-9-4-2-1-3-5-9/h6-7,9H,1-5,8H2,(H2,12,13,14). The smallest absolute Gasteiger partial charge is 0.318 e. The number of aromatic nitrogens is 2. The van der Waals surface area contributed by atoms with Gasteiger partial charge in [-0.15, -0.1) is 0 Å². The molecule has 4 heteroatoms. The highest BCUT2D eigenvalue weighted by molar-refractivity contribution is 5.26. The molecule has 1 fully saturated rings. The summed E-state index contributed by atoms with van der Waals surface area (Å²) in [4.78, 5) is 8.01. The molecule has 1 aromatic rings. The minimum Gasteiger partial charge on any atom is -0.463 e. The average molecular weight is 207 g/mol. The van der Waals surface area contributed by atoms with E-state index in [2.05, 4.69) is 9.97 Å². The van der Waals surface area contributed by atoms with Crippen LogP contribution in [0.4, 0.5) is 5.82 Å². The quantitative estimate of drug-likeness (QED) is 0.823. The minimum atomic E-state index is 0.403. The topological polar surface area (TPSA) is 61.0 Å². The Morgan fingerprint density at radius 1 is 1.33 bits per heavy atom. The van der Waals surface area contributed by atoms with Crippen LogP contribution in [0.15, 0.2) is 12.3 Å². The number of hydrogen-bond acceptors (Lipinski definition) is 4. The SMILES string of the molecule is Nc1ccnc(OCC2CCCCC2)n1. The fraction of sp³-hybridized carbons (Fsp3) is 0.636. The van der Waals surface area contributed by atoms with Gasteiger partial charge in [-0.3, -0.25) is 0 Å². The summed E-state index contributed by atoms with van der Waals surface area (Å²) in [5.74, 6) is 1.13.